The van der Waals surface area contributed by atoms with E-state index in [-0.39, 0.29) is 37.6 Å². The predicted octanol–water partition coefficient (Wildman–Crippen LogP) is -1.80. The molecule has 1 rings (SSSR count). The van der Waals surface area contributed by atoms with Crippen molar-refractivity contribution in [1.29, 1.82) is 0 Å². The van der Waals surface area contributed by atoms with Crippen LogP contribution in [0.25, 0.3) is 0 Å². The van der Waals surface area contributed by atoms with Crippen molar-refractivity contribution in [1.82, 2.24) is 0 Å². The topological polar surface area (TPSA) is 33.4 Å². The Bertz CT molecular complexity index is 176. The van der Waals surface area contributed by atoms with E-state index in [2.05, 4.69) is 0 Å². The van der Waals surface area contributed by atoms with Crippen LogP contribution in [-0.4, -0.2) is 5.11 Å². The molecule has 1 heterocycles. The molecule has 46 valence electrons. The number of hydrogen-bond acceptors (Lipinski definition) is 2. The van der Waals surface area contributed by atoms with Crippen molar-refractivity contribution in [2.75, 3.05) is 0 Å². The van der Waals surface area contributed by atoms with Crippen LogP contribution in [-0.2, 0) is 6.61 Å². The summed E-state index contributed by atoms with van der Waals surface area (Å²) in [6.45, 7) is 1.91. The van der Waals surface area contributed by atoms with Gasteiger partial charge in [-0.25, -0.2) is 0 Å². The molecule has 0 aliphatic heterocycles. The first-order valence-corrected chi connectivity index (χ1v) is 2.48. The summed E-state index contributed by atoms with van der Waals surface area (Å²) in [6, 6.07) is 1.81. The van der Waals surface area contributed by atoms with Gasteiger partial charge in [0, 0.05) is 5.56 Å². The molecule has 0 aliphatic rings. The van der Waals surface area contributed by atoms with Crippen molar-refractivity contribution < 1.29 is 40.5 Å². The Morgan fingerprint density at radius 1 is 1.78 bits per heavy atom. The molecule has 0 fully saturated rings. The first-order valence-electron chi connectivity index (χ1n) is 2.48. The van der Waals surface area contributed by atoms with Gasteiger partial charge in [0.15, 0.2) is 0 Å². The minimum atomic E-state index is 0. The van der Waals surface area contributed by atoms with Gasteiger partial charge in [-0.1, -0.05) is 0 Å². The Balaban J connectivity index is 0. The maximum atomic E-state index is 8.49. The van der Waals surface area contributed by atoms with Crippen LogP contribution in [0, 0.1) is 6.92 Å². The maximum Gasteiger partial charge on any atom is 1.00 e. The van der Waals surface area contributed by atoms with Crippen molar-refractivity contribution in [3.05, 3.63) is 23.7 Å². The fourth-order valence-electron chi connectivity index (χ4n) is 0.581. The van der Waals surface area contributed by atoms with Gasteiger partial charge in [0.05, 0.1) is 12.9 Å². The number of aryl methyl sites for hydroxylation is 1. The molecule has 0 aliphatic carbocycles. The third-order valence-corrected chi connectivity index (χ3v) is 0.967. The van der Waals surface area contributed by atoms with Crippen LogP contribution in [0.5, 0.6) is 0 Å². The van der Waals surface area contributed by atoms with Gasteiger partial charge in [-0.3, -0.25) is 0 Å². The summed E-state index contributed by atoms with van der Waals surface area (Å²) in [4.78, 5) is 0. The zero-order valence-electron chi connectivity index (χ0n) is 6.72. The third kappa shape index (κ3) is 2.54. The average molecular weight is 136 g/mol. The van der Waals surface area contributed by atoms with E-state index < -0.39 is 0 Å². The van der Waals surface area contributed by atoms with Crippen molar-refractivity contribution >= 4 is 0 Å². The van der Waals surface area contributed by atoms with Gasteiger partial charge in [0.2, 0.25) is 0 Å². The quantitative estimate of drug-likeness (QED) is 0.462. The van der Waals surface area contributed by atoms with Crippen LogP contribution in [0.4, 0.5) is 0 Å². The molecule has 0 amide bonds. The van der Waals surface area contributed by atoms with Crippen molar-refractivity contribution in [3.63, 3.8) is 0 Å². The minimum Gasteiger partial charge on any atom is -1.00 e. The second-order valence-electron chi connectivity index (χ2n) is 1.72. The summed E-state index contributed by atoms with van der Waals surface area (Å²) in [7, 11) is 0. The Kier molecular flexibility index (Phi) is 4.23. The molecule has 0 spiro atoms. The second-order valence-corrected chi connectivity index (χ2v) is 1.72. The van der Waals surface area contributed by atoms with Gasteiger partial charge in [-0.15, -0.1) is 0 Å². The Labute approximate surface area is 77.6 Å². The van der Waals surface area contributed by atoms with E-state index in [1.165, 1.54) is 0 Å². The van der Waals surface area contributed by atoms with Crippen molar-refractivity contribution in [2.24, 2.45) is 0 Å². The zero-order chi connectivity index (χ0) is 5.98. The fourth-order valence-corrected chi connectivity index (χ4v) is 0.581. The zero-order valence-corrected chi connectivity index (χ0v) is 7.72. The van der Waals surface area contributed by atoms with Gasteiger partial charge in [0.25, 0.3) is 0 Å². The van der Waals surface area contributed by atoms with Crippen LogP contribution in [0.1, 0.15) is 12.8 Å². The monoisotopic (exact) mass is 136 g/mol. The van der Waals surface area contributed by atoms with E-state index >= 15 is 0 Å². The van der Waals surface area contributed by atoms with Crippen molar-refractivity contribution in [3.8, 4) is 0 Å². The fraction of sp³-hybridized carbons (Fsp3) is 0.333. The van der Waals surface area contributed by atoms with Gasteiger partial charge in [0.1, 0.15) is 5.76 Å². The third-order valence-electron chi connectivity index (χ3n) is 0.967. The molecular weight excluding hydrogens is 127 g/mol. The predicted molar refractivity (Wildman–Crippen MR) is 30.5 cm³/mol. The van der Waals surface area contributed by atoms with Gasteiger partial charge < -0.3 is 11.0 Å². The molecule has 0 radical (unpaired) electrons. The summed E-state index contributed by atoms with van der Waals surface area (Å²) in [5.74, 6) is 0.842. The molecule has 3 heteroatoms. The van der Waals surface area contributed by atoms with E-state index in [0.717, 1.165) is 11.3 Å². The largest absolute Gasteiger partial charge is 1.00 e. The molecule has 1 N–H and O–H groups in total. The van der Waals surface area contributed by atoms with Gasteiger partial charge in [-0.2, -0.15) is 0 Å². The summed E-state index contributed by atoms with van der Waals surface area (Å²) in [5.41, 5.74) is 0.836. The average Bonchev–Trinajstić information content (AvgIpc) is 2.14. The Hall–Kier alpha value is 0.240. The maximum absolute atomic E-state index is 8.49. The minimum absolute atomic E-state index is 0. The molecule has 9 heavy (non-hydrogen) atoms. The molecule has 0 saturated carbocycles. The Morgan fingerprint density at radius 2 is 2.44 bits per heavy atom. The van der Waals surface area contributed by atoms with E-state index in [1.807, 2.05) is 6.92 Å². The molecule has 1 aromatic rings. The van der Waals surface area contributed by atoms with E-state index in [4.69, 9.17) is 9.52 Å². The summed E-state index contributed by atoms with van der Waals surface area (Å²) in [5, 5.41) is 8.49. The molecule has 0 unspecified atom stereocenters. The normalized spacial score (nSPS) is 8.67. The summed E-state index contributed by atoms with van der Waals surface area (Å²) < 4.78 is 4.90. The number of aliphatic hydroxyl groups excluding tert-OH is 1. The summed E-state index contributed by atoms with van der Waals surface area (Å²) >= 11 is 0. The number of furan rings is 1. The van der Waals surface area contributed by atoms with Gasteiger partial charge >= 0.3 is 29.6 Å². The van der Waals surface area contributed by atoms with Gasteiger partial charge in [-0.05, 0) is 13.0 Å². The van der Waals surface area contributed by atoms with Crippen molar-refractivity contribution in [2.45, 2.75) is 13.5 Å². The molecule has 2 nitrogen and oxygen atoms in total. The summed E-state index contributed by atoms with van der Waals surface area (Å²) in [6.07, 6.45) is 1.55. The van der Waals surface area contributed by atoms with E-state index in [0.29, 0.717) is 0 Å². The molecular formula is C6H9NaO2. The first-order chi connectivity index (χ1) is 3.83. The standard InChI is InChI=1S/C6H8O2.Na.H/c1-5-2-6(3-7)4-8-5;;/h2,4,7H,3H2,1H3;;/q;+1;-1. The van der Waals surface area contributed by atoms with Crippen LogP contribution >= 0.6 is 0 Å². The SMILES string of the molecule is Cc1cc(CO)co1.[H-].[Na+]. The van der Waals surface area contributed by atoms with E-state index in [9.17, 15) is 0 Å². The number of rotatable bonds is 1. The Morgan fingerprint density at radius 3 is 2.67 bits per heavy atom. The number of aliphatic hydroxyl groups is 1. The van der Waals surface area contributed by atoms with E-state index in [1.54, 1.807) is 12.3 Å². The molecule has 0 saturated heterocycles. The van der Waals surface area contributed by atoms with Crippen LogP contribution in [0.2, 0.25) is 0 Å². The smallest absolute Gasteiger partial charge is 1.00 e. The molecule has 0 bridgehead atoms. The molecule has 0 atom stereocenters. The molecule has 1 aromatic heterocycles. The second kappa shape index (κ2) is 4.12. The van der Waals surface area contributed by atoms with Crippen LogP contribution in [0.15, 0.2) is 16.7 Å². The van der Waals surface area contributed by atoms with Crippen LogP contribution < -0.4 is 29.6 Å². The first kappa shape index (κ1) is 9.24. The number of hydrogen-bond donors (Lipinski definition) is 1. The molecule has 0 aromatic carbocycles. The van der Waals surface area contributed by atoms with Crippen LogP contribution in [0.3, 0.4) is 0 Å².